The molecule has 6 nitrogen and oxygen atoms in total. The maximum atomic E-state index is 12.6. The first-order chi connectivity index (χ1) is 13.3. The first-order valence-electron chi connectivity index (χ1n) is 8.21. The second kappa shape index (κ2) is 7.95. The minimum absolute atomic E-state index is 0.00937. The van der Waals surface area contributed by atoms with Crippen molar-refractivity contribution in [2.75, 3.05) is 5.32 Å². The van der Waals surface area contributed by atoms with Crippen LogP contribution in [0.25, 0.3) is 0 Å². The number of halogens is 3. The van der Waals surface area contributed by atoms with Gasteiger partial charge in [0.25, 0.3) is 5.91 Å². The van der Waals surface area contributed by atoms with Gasteiger partial charge in [0.2, 0.25) is 0 Å². The lowest BCUT2D eigenvalue weighted by molar-refractivity contribution is -0.137. The van der Waals surface area contributed by atoms with E-state index in [9.17, 15) is 18.0 Å². The van der Waals surface area contributed by atoms with Crippen LogP contribution in [0.3, 0.4) is 0 Å². The molecule has 0 radical (unpaired) electrons. The molecule has 0 aliphatic heterocycles. The number of alkyl halides is 3. The Bertz CT molecular complexity index is 980. The number of rotatable bonds is 5. The highest BCUT2D eigenvalue weighted by atomic mass is 19.4. The minimum Gasteiger partial charge on any atom is -0.383 e. The number of hydrogen-bond acceptors (Lipinski definition) is 3. The zero-order valence-corrected chi connectivity index (χ0v) is 14.5. The van der Waals surface area contributed by atoms with Crippen molar-refractivity contribution in [3.05, 3.63) is 83.4 Å². The Morgan fingerprint density at radius 1 is 1.14 bits per heavy atom. The normalized spacial score (nSPS) is 12.0. The summed E-state index contributed by atoms with van der Waals surface area (Å²) in [5.74, 6) is -0.553. The number of carbonyl (C=O) groups excluding carboxylic acids is 1. The molecule has 0 atom stereocenters. The first-order valence-corrected chi connectivity index (χ1v) is 8.21. The number of H-pyrrole nitrogens is 1. The van der Waals surface area contributed by atoms with E-state index in [4.69, 9.17) is 5.73 Å². The number of aromatic amines is 1. The average molecular weight is 387 g/mol. The number of amides is 1. The second-order valence-corrected chi connectivity index (χ2v) is 5.86. The Kier molecular flexibility index (Phi) is 5.44. The van der Waals surface area contributed by atoms with Crippen LogP contribution in [-0.4, -0.2) is 21.7 Å². The Morgan fingerprint density at radius 2 is 1.86 bits per heavy atom. The van der Waals surface area contributed by atoms with Gasteiger partial charge in [-0.05, 0) is 29.8 Å². The van der Waals surface area contributed by atoms with Crippen molar-refractivity contribution >= 4 is 17.4 Å². The van der Waals surface area contributed by atoms with Gasteiger partial charge in [-0.25, -0.2) is 4.98 Å². The van der Waals surface area contributed by atoms with E-state index in [1.54, 1.807) is 24.3 Å². The van der Waals surface area contributed by atoms with Crippen LogP contribution in [0.2, 0.25) is 0 Å². The van der Waals surface area contributed by atoms with Crippen LogP contribution in [0, 0.1) is 0 Å². The van der Waals surface area contributed by atoms with E-state index in [1.807, 2.05) is 0 Å². The summed E-state index contributed by atoms with van der Waals surface area (Å²) in [4.78, 5) is 22.3. The number of amidine groups is 1. The van der Waals surface area contributed by atoms with E-state index in [1.165, 1.54) is 24.7 Å². The van der Waals surface area contributed by atoms with Gasteiger partial charge in [-0.3, -0.25) is 4.79 Å². The molecule has 0 bridgehead atoms. The Hall–Kier alpha value is -3.62. The van der Waals surface area contributed by atoms with Crippen LogP contribution in [0.15, 0.2) is 66.0 Å². The number of nitrogens with two attached hydrogens (primary N) is 1. The molecule has 0 aliphatic carbocycles. The number of imidazole rings is 1. The third-order valence-corrected chi connectivity index (χ3v) is 3.92. The number of para-hydroxylation sites is 1. The molecule has 0 saturated carbocycles. The quantitative estimate of drug-likeness (QED) is 0.460. The van der Waals surface area contributed by atoms with Crippen LogP contribution in [-0.2, 0) is 12.7 Å². The number of nitrogens with zero attached hydrogens (tertiary/aromatic N) is 2. The van der Waals surface area contributed by atoms with Crippen molar-refractivity contribution < 1.29 is 18.0 Å². The number of aliphatic imine (C=N–C) groups is 1. The molecule has 3 rings (SSSR count). The average Bonchev–Trinajstić information content (AvgIpc) is 3.21. The van der Waals surface area contributed by atoms with E-state index < -0.39 is 17.6 Å². The number of carbonyl (C=O) groups is 1. The van der Waals surface area contributed by atoms with Crippen molar-refractivity contribution in [3.8, 4) is 0 Å². The fourth-order valence-corrected chi connectivity index (χ4v) is 2.47. The zero-order chi connectivity index (χ0) is 20.1. The van der Waals surface area contributed by atoms with Gasteiger partial charge < -0.3 is 16.0 Å². The number of aromatic nitrogens is 2. The monoisotopic (exact) mass is 387 g/mol. The summed E-state index contributed by atoms with van der Waals surface area (Å²) >= 11 is 0. The molecule has 4 N–H and O–H groups in total. The smallest absolute Gasteiger partial charge is 0.383 e. The first kappa shape index (κ1) is 19.2. The molecule has 1 heterocycles. The third kappa shape index (κ3) is 4.56. The molecule has 0 fully saturated rings. The lowest BCUT2D eigenvalue weighted by Crippen LogP contribution is -2.18. The van der Waals surface area contributed by atoms with Crippen LogP contribution in [0.1, 0.15) is 27.2 Å². The van der Waals surface area contributed by atoms with Crippen LogP contribution < -0.4 is 11.1 Å². The summed E-state index contributed by atoms with van der Waals surface area (Å²) in [5, 5.41) is 3.10. The van der Waals surface area contributed by atoms with Gasteiger partial charge in [0.15, 0.2) is 0 Å². The van der Waals surface area contributed by atoms with Gasteiger partial charge in [0.1, 0.15) is 11.5 Å². The second-order valence-electron chi connectivity index (χ2n) is 5.86. The molecule has 1 amide bonds. The molecule has 28 heavy (non-hydrogen) atoms. The lowest BCUT2D eigenvalue weighted by atomic mass is 10.1. The molecule has 9 heteroatoms. The van der Waals surface area contributed by atoms with Crippen molar-refractivity contribution in [3.63, 3.8) is 0 Å². The van der Waals surface area contributed by atoms with Gasteiger partial charge in [-0.2, -0.15) is 18.2 Å². The SMILES string of the molecule is NC(=NC(=O)c1cnc[nH]1)c1ccccc1NCc1ccc(C(F)(F)F)cc1. The number of benzene rings is 2. The topological polar surface area (TPSA) is 96.2 Å². The Morgan fingerprint density at radius 3 is 2.50 bits per heavy atom. The molecule has 3 aromatic rings. The third-order valence-electron chi connectivity index (χ3n) is 3.92. The molecule has 0 saturated heterocycles. The standard InChI is InChI=1S/C19H16F3N5O/c20-19(21,22)13-7-5-12(6-8-13)9-25-15-4-2-1-3-14(15)17(23)27-18(28)16-10-24-11-26-16/h1-8,10-11,25H,9H2,(H,24,26)(H2,23,27,28). The molecule has 0 spiro atoms. The Labute approximate surface area is 158 Å². The number of anilines is 1. The van der Waals surface area contributed by atoms with Crippen molar-refractivity contribution in [2.24, 2.45) is 10.7 Å². The molecule has 144 valence electrons. The summed E-state index contributed by atoms with van der Waals surface area (Å²) < 4.78 is 37.9. The summed E-state index contributed by atoms with van der Waals surface area (Å²) in [6.07, 6.45) is -1.67. The summed E-state index contributed by atoms with van der Waals surface area (Å²) in [7, 11) is 0. The van der Waals surface area contributed by atoms with Crippen LogP contribution in [0.5, 0.6) is 0 Å². The maximum Gasteiger partial charge on any atom is 0.416 e. The highest BCUT2D eigenvalue weighted by Crippen LogP contribution is 2.29. The minimum atomic E-state index is -4.37. The molecule has 0 aliphatic rings. The van der Waals surface area contributed by atoms with Crippen LogP contribution >= 0.6 is 0 Å². The zero-order valence-electron chi connectivity index (χ0n) is 14.5. The highest BCUT2D eigenvalue weighted by Gasteiger charge is 2.29. The highest BCUT2D eigenvalue weighted by molar-refractivity contribution is 6.10. The van der Waals surface area contributed by atoms with Crippen LogP contribution in [0.4, 0.5) is 18.9 Å². The van der Waals surface area contributed by atoms with Gasteiger partial charge in [0.05, 0.1) is 18.1 Å². The summed E-state index contributed by atoms with van der Waals surface area (Å²) in [6, 6.07) is 11.8. The van der Waals surface area contributed by atoms with Crippen molar-refractivity contribution in [2.45, 2.75) is 12.7 Å². The molecule has 2 aromatic carbocycles. The van der Waals surface area contributed by atoms with Gasteiger partial charge in [-0.1, -0.05) is 24.3 Å². The van der Waals surface area contributed by atoms with E-state index in [0.29, 0.717) is 16.8 Å². The van der Waals surface area contributed by atoms with E-state index in [-0.39, 0.29) is 18.1 Å². The molecule has 1 aromatic heterocycles. The lowest BCUT2D eigenvalue weighted by Gasteiger charge is -2.12. The van der Waals surface area contributed by atoms with E-state index in [0.717, 1.165) is 12.1 Å². The van der Waals surface area contributed by atoms with E-state index in [2.05, 4.69) is 20.3 Å². The number of hydrogen-bond donors (Lipinski definition) is 3. The maximum absolute atomic E-state index is 12.6. The molecule has 0 unspecified atom stereocenters. The van der Waals surface area contributed by atoms with Crippen molar-refractivity contribution in [1.82, 2.24) is 9.97 Å². The molecular weight excluding hydrogens is 371 g/mol. The summed E-state index contributed by atoms with van der Waals surface area (Å²) in [5.41, 5.74) is 7.23. The van der Waals surface area contributed by atoms with Gasteiger partial charge >= 0.3 is 6.18 Å². The molecular formula is C19H16F3N5O. The van der Waals surface area contributed by atoms with E-state index >= 15 is 0 Å². The largest absolute Gasteiger partial charge is 0.416 e. The predicted molar refractivity (Wildman–Crippen MR) is 98.9 cm³/mol. The Balaban J connectivity index is 1.74. The fraction of sp³-hybridized carbons (Fsp3) is 0.105. The van der Waals surface area contributed by atoms with Crippen molar-refractivity contribution in [1.29, 1.82) is 0 Å². The van der Waals surface area contributed by atoms with Gasteiger partial charge in [0, 0.05) is 17.8 Å². The predicted octanol–water partition coefficient (Wildman–Crippen LogP) is 3.59. The van der Waals surface area contributed by atoms with Gasteiger partial charge in [-0.15, -0.1) is 0 Å². The fourth-order valence-electron chi connectivity index (χ4n) is 2.47. The number of nitrogens with one attached hydrogen (secondary N) is 2. The summed E-state index contributed by atoms with van der Waals surface area (Å²) in [6.45, 7) is 0.275.